The zero-order chi connectivity index (χ0) is 18.8. The van der Waals surface area contributed by atoms with Crippen LogP contribution >= 0.6 is 22.9 Å². The third kappa shape index (κ3) is 3.71. The SMILES string of the molecule is O=C(Nc1ccsc1-c1nc(-c2cccc(F)c2)no1)c1ccc(Cl)nc1. The molecule has 0 fully saturated rings. The first kappa shape index (κ1) is 17.3. The van der Waals surface area contributed by atoms with Crippen LogP contribution in [0.2, 0.25) is 5.15 Å². The van der Waals surface area contributed by atoms with Crippen LogP contribution in [0.3, 0.4) is 0 Å². The molecule has 0 saturated heterocycles. The minimum Gasteiger partial charge on any atom is -0.333 e. The van der Waals surface area contributed by atoms with Crippen molar-refractivity contribution in [3.8, 4) is 22.2 Å². The Morgan fingerprint density at radius 2 is 2.11 bits per heavy atom. The van der Waals surface area contributed by atoms with Gasteiger partial charge in [0.15, 0.2) is 0 Å². The number of rotatable bonds is 4. The van der Waals surface area contributed by atoms with Gasteiger partial charge in [0.2, 0.25) is 5.82 Å². The lowest BCUT2D eigenvalue weighted by molar-refractivity contribution is 0.102. The molecule has 1 amide bonds. The van der Waals surface area contributed by atoms with Crippen molar-refractivity contribution in [1.82, 2.24) is 15.1 Å². The van der Waals surface area contributed by atoms with Crippen LogP contribution in [0.4, 0.5) is 10.1 Å². The molecule has 0 aliphatic carbocycles. The molecule has 3 aromatic heterocycles. The zero-order valence-electron chi connectivity index (χ0n) is 13.5. The molecule has 0 atom stereocenters. The van der Waals surface area contributed by atoms with Gasteiger partial charge in [0.25, 0.3) is 11.8 Å². The lowest BCUT2D eigenvalue weighted by Gasteiger charge is -2.04. The topological polar surface area (TPSA) is 80.9 Å². The third-order valence-electron chi connectivity index (χ3n) is 3.61. The minimum absolute atomic E-state index is 0.230. The Kier molecular flexibility index (Phi) is 4.66. The summed E-state index contributed by atoms with van der Waals surface area (Å²) < 4.78 is 18.7. The number of nitrogens with one attached hydrogen (secondary N) is 1. The molecule has 0 aliphatic rings. The van der Waals surface area contributed by atoms with E-state index in [0.717, 1.165) is 0 Å². The molecule has 0 aliphatic heterocycles. The van der Waals surface area contributed by atoms with Crippen molar-refractivity contribution in [2.75, 3.05) is 5.32 Å². The van der Waals surface area contributed by atoms with Gasteiger partial charge in [-0.3, -0.25) is 4.79 Å². The van der Waals surface area contributed by atoms with Crippen LogP contribution in [0.1, 0.15) is 10.4 Å². The molecule has 1 aromatic carbocycles. The Labute approximate surface area is 161 Å². The highest BCUT2D eigenvalue weighted by Gasteiger charge is 2.18. The highest BCUT2D eigenvalue weighted by atomic mass is 35.5. The van der Waals surface area contributed by atoms with Gasteiger partial charge < -0.3 is 9.84 Å². The van der Waals surface area contributed by atoms with E-state index in [1.807, 2.05) is 0 Å². The summed E-state index contributed by atoms with van der Waals surface area (Å²) in [6, 6.07) is 10.7. The number of thiophene rings is 1. The Balaban J connectivity index is 1.59. The normalized spacial score (nSPS) is 10.7. The second-order valence-corrected chi connectivity index (χ2v) is 6.72. The fourth-order valence-corrected chi connectivity index (χ4v) is 3.22. The average Bonchev–Trinajstić information content (AvgIpc) is 3.31. The van der Waals surface area contributed by atoms with E-state index in [1.165, 1.54) is 35.7 Å². The number of nitrogens with zero attached hydrogens (tertiary/aromatic N) is 3. The highest BCUT2D eigenvalue weighted by molar-refractivity contribution is 7.14. The molecule has 0 spiro atoms. The lowest BCUT2D eigenvalue weighted by Crippen LogP contribution is -2.12. The quantitative estimate of drug-likeness (QED) is 0.492. The molecule has 0 radical (unpaired) electrons. The molecule has 1 N–H and O–H groups in total. The second-order valence-electron chi connectivity index (χ2n) is 5.42. The first-order valence-corrected chi connectivity index (χ1v) is 8.96. The van der Waals surface area contributed by atoms with Crippen molar-refractivity contribution in [3.63, 3.8) is 0 Å². The molecule has 4 aromatic rings. The summed E-state index contributed by atoms with van der Waals surface area (Å²) in [5, 5.41) is 8.76. The van der Waals surface area contributed by atoms with Crippen LogP contribution in [0, 0.1) is 5.82 Å². The maximum atomic E-state index is 13.4. The summed E-state index contributed by atoms with van der Waals surface area (Å²) in [4.78, 5) is 21.2. The monoisotopic (exact) mass is 400 g/mol. The number of halogens is 2. The fraction of sp³-hybridized carbons (Fsp3) is 0. The van der Waals surface area contributed by atoms with E-state index in [0.29, 0.717) is 26.8 Å². The second kappa shape index (κ2) is 7.26. The number of aromatic nitrogens is 3. The van der Waals surface area contributed by atoms with Gasteiger partial charge in [-0.2, -0.15) is 4.98 Å². The van der Waals surface area contributed by atoms with Gasteiger partial charge in [-0.25, -0.2) is 9.37 Å². The Bertz CT molecular complexity index is 1110. The molecule has 6 nitrogen and oxygen atoms in total. The number of carbonyl (C=O) groups excluding carboxylic acids is 1. The minimum atomic E-state index is -0.389. The van der Waals surface area contributed by atoms with Crippen LogP contribution in [-0.2, 0) is 0 Å². The molecular formula is C18H10ClFN4O2S. The number of carbonyl (C=O) groups is 1. The number of hydrogen-bond acceptors (Lipinski definition) is 6. The van der Waals surface area contributed by atoms with E-state index in [2.05, 4.69) is 20.4 Å². The van der Waals surface area contributed by atoms with Crippen molar-refractivity contribution in [2.45, 2.75) is 0 Å². The molecule has 9 heteroatoms. The van der Waals surface area contributed by atoms with Crippen LogP contribution in [-0.4, -0.2) is 21.0 Å². The van der Waals surface area contributed by atoms with E-state index in [-0.39, 0.29) is 23.4 Å². The number of pyridine rings is 1. The largest absolute Gasteiger partial charge is 0.333 e. The molecular weight excluding hydrogens is 391 g/mol. The number of amides is 1. The van der Waals surface area contributed by atoms with Gasteiger partial charge in [0.05, 0.1) is 11.3 Å². The molecule has 4 rings (SSSR count). The van der Waals surface area contributed by atoms with E-state index in [1.54, 1.807) is 29.6 Å². The maximum Gasteiger partial charge on any atom is 0.270 e. The van der Waals surface area contributed by atoms with E-state index < -0.39 is 0 Å². The van der Waals surface area contributed by atoms with Crippen molar-refractivity contribution >= 4 is 34.5 Å². The molecule has 134 valence electrons. The third-order valence-corrected chi connectivity index (χ3v) is 4.73. The van der Waals surface area contributed by atoms with Crippen LogP contribution < -0.4 is 5.32 Å². The van der Waals surface area contributed by atoms with Gasteiger partial charge in [-0.1, -0.05) is 28.9 Å². The molecule has 0 bridgehead atoms. The molecule has 3 heterocycles. The smallest absolute Gasteiger partial charge is 0.270 e. The Hall–Kier alpha value is -3.10. The number of hydrogen-bond donors (Lipinski definition) is 1. The summed E-state index contributed by atoms with van der Waals surface area (Å²) in [6.45, 7) is 0. The summed E-state index contributed by atoms with van der Waals surface area (Å²) >= 11 is 7.07. The van der Waals surface area contributed by atoms with Gasteiger partial charge in [-0.15, -0.1) is 11.3 Å². The van der Waals surface area contributed by atoms with E-state index >= 15 is 0 Å². The summed E-state index contributed by atoms with van der Waals surface area (Å²) in [5.74, 6) is -0.242. The van der Waals surface area contributed by atoms with Gasteiger partial charge >= 0.3 is 0 Å². The lowest BCUT2D eigenvalue weighted by atomic mass is 10.2. The predicted molar refractivity (Wildman–Crippen MR) is 100 cm³/mol. The average molecular weight is 401 g/mol. The van der Waals surface area contributed by atoms with Gasteiger partial charge in [0, 0.05) is 11.8 Å². The molecule has 27 heavy (non-hydrogen) atoms. The van der Waals surface area contributed by atoms with E-state index in [9.17, 15) is 9.18 Å². The summed E-state index contributed by atoms with van der Waals surface area (Å²) in [7, 11) is 0. The van der Waals surface area contributed by atoms with Crippen LogP contribution in [0.25, 0.3) is 22.2 Å². The predicted octanol–water partition coefficient (Wildman–Crippen LogP) is 4.90. The fourth-order valence-electron chi connectivity index (χ4n) is 2.34. The van der Waals surface area contributed by atoms with Crippen LogP contribution in [0.15, 0.2) is 58.6 Å². The van der Waals surface area contributed by atoms with Gasteiger partial charge in [-0.05, 0) is 35.7 Å². The Morgan fingerprint density at radius 3 is 2.89 bits per heavy atom. The maximum absolute atomic E-state index is 13.4. The first-order valence-electron chi connectivity index (χ1n) is 7.70. The summed E-state index contributed by atoms with van der Waals surface area (Å²) in [5.41, 5.74) is 1.39. The standard InChI is InChI=1S/C18H10ClFN4O2S/c19-14-5-4-11(9-21-14)17(25)22-13-6-7-27-15(13)18-23-16(24-26-18)10-2-1-3-12(20)8-10/h1-9H,(H,22,25). The van der Waals surface area contributed by atoms with E-state index in [4.69, 9.17) is 16.1 Å². The number of benzene rings is 1. The molecule has 0 saturated carbocycles. The van der Waals surface area contributed by atoms with Crippen LogP contribution in [0.5, 0.6) is 0 Å². The molecule has 0 unspecified atom stereocenters. The Morgan fingerprint density at radius 1 is 1.22 bits per heavy atom. The first-order chi connectivity index (χ1) is 13.1. The summed E-state index contributed by atoms with van der Waals surface area (Å²) in [6.07, 6.45) is 1.39. The van der Waals surface area contributed by atoms with Crippen molar-refractivity contribution in [2.24, 2.45) is 0 Å². The number of anilines is 1. The zero-order valence-corrected chi connectivity index (χ0v) is 15.1. The van der Waals surface area contributed by atoms with Crippen molar-refractivity contribution in [1.29, 1.82) is 0 Å². The highest BCUT2D eigenvalue weighted by Crippen LogP contribution is 2.34. The van der Waals surface area contributed by atoms with Crippen molar-refractivity contribution in [3.05, 3.63) is 70.6 Å². The van der Waals surface area contributed by atoms with Gasteiger partial charge in [0.1, 0.15) is 15.8 Å². The van der Waals surface area contributed by atoms with Crippen molar-refractivity contribution < 1.29 is 13.7 Å².